The summed E-state index contributed by atoms with van der Waals surface area (Å²) in [7, 11) is 1.47. The maximum atomic E-state index is 11.4. The van der Waals surface area contributed by atoms with E-state index in [2.05, 4.69) is 16.9 Å². The number of hydrogen-bond donors (Lipinski definition) is 0. The number of carbonyl (C=O) groups excluding carboxylic acids is 1. The predicted molar refractivity (Wildman–Crippen MR) is 84.2 cm³/mol. The van der Waals surface area contributed by atoms with Gasteiger partial charge in [0.2, 0.25) is 0 Å². The van der Waals surface area contributed by atoms with Crippen LogP contribution >= 0.6 is 11.8 Å². The first kappa shape index (κ1) is 14.9. The Morgan fingerprint density at radius 2 is 2.24 bits per heavy atom. The number of ether oxygens (including phenoxy) is 1. The van der Waals surface area contributed by atoms with Gasteiger partial charge in [-0.3, -0.25) is 9.48 Å². The molecule has 4 nitrogen and oxygen atoms in total. The summed E-state index contributed by atoms with van der Waals surface area (Å²) in [6.45, 7) is 0. The first-order valence-corrected chi connectivity index (χ1v) is 9.05. The lowest BCUT2D eigenvalue weighted by atomic mass is 10.1. The van der Waals surface area contributed by atoms with Gasteiger partial charge in [0, 0.05) is 11.9 Å². The Bertz CT molecular complexity index is 490. The predicted octanol–water partition coefficient (Wildman–Crippen LogP) is 3.57. The molecule has 1 aromatic rings. The third-order valence-corrected chi connectivity index (χ3v) is 6.04. The van der Waals surface area contributed by atoms with Crippen LogP contribution in [-0.4, -0.2) is 28.6 Å². The molecule has 0 radical (unpaired) electrons. The van der Waals surface area contributed by atoms with Crippen molar-refractivity contribution >= 4 is 17.7 Å². The number of rotatable bonds is 7. The molecule has 0 unspecified atom stereocenters. The Hall–Kier alpha value is -0.970. The molecule has 2 aliphatic rings. The molecular formula is C16H24N2O2S. The molecule has 0 aliphatic heterocycles. The van der Waals surface area contributed by atoms with Crippen molar-refractivity contribution in [3.8, 4) is 0 Å². The van der Waals surface area contributed by atoms with Crippen LogP contribution in [0.5, 0.6) is 0 Å². The molecule has 3 rings (SSSR count). The van der Waals surface area contributed by atoms with Crippen LogP contribution < -0.4 is 0 Å². The van der Waals surface area contributed by atoms with Crippen molar-refractivity contribution in [2.75, 3.05) is 12.9 Å². The Morgan fingerprint density at radius 1 is 1.48 bits per heavy atom. The van der Waals surface area contributed by atoms with Crippen LogP contribution in [0, 0.1) is 5.41 Å². The zero-order valence-electron chi connectivity index (χ0n) is 12.7. The summed E-state index contributed by atoms with van der Waals surface area (Å²) >= 11 is 1.90. The number of methoxy groups -OCH3 is 1. The van der Waals surface area contributed by atoms with Gasteiger partial charge in [-0.25, -0.2) is 0 Å². The van der Waals surface area contributed by atoms with Gasteiger partial charge in [0.25, 0.3) is 0 Å². The van der Waals surface area contributed by atoms with Crippen molar-refractivity contribution in [1.82, 2.24) is 9.78 Å². The maximum absolute atomic E-state index is 11.4. The van der Waals surface area contributed by atoms with Crippen molar-refractivity contribution in [3.05, 3.63) is 18.0 Å². The van der Waals surface area contributed by atoms with Gasteiger partial charge in [-0.1, -0.05) is 12.8 Å². The third-order valence-electron chi connectivity index (χ3n) is 4.72. The molecule has 21 heavy (non-hydrogen) atoms. The summed E-state index contributed by atoms with van der Waals surface area (Å²) in [5.74, 6) is 1.92. The number of carbonyl (C=O) groups is 1. The number of thioether (sulfide) groups is 1. The standard InChI is InChI=1S/C16H24N2O2S/c1-20-15(19)10-16(7-8-16)12-21-11-13-6-9-18(17-13)14-4-2-3-5-14/h6,9,14H,2-5,7-8,10-12H2,1H3. The monoisotopic (exact) mass is 308 g/mol. The van der Waals surface area contributed by atoms with Gasteiger partial charge in [0.1, 0.15) is 0 Å². The van der Waals surface area contributed by atoms with E-state index in [1.165, 1.54) is 38.5 Å². The highest BCUT2D eigenvalue weighted by molar-refractivity contribution is 7.98. The van der Waals surface area contributed by atoms with Crippen LogP contribution in [0.15, 0.2) is 12.3 Å². The van der Waals surface area contributed by atoms with Gasteiger partial charge in [0.05, 0.1) is 25.3 Å². The zero-order chi connectivity index (χ0) is 14.7. The first-order chi connectivity index (χ1) is 10.2. The first-order valence-electron chi connectivity index (χ1n) is 7.89. The van der Waals surface area contributed by atoms with Gasteiger partial charge in [-0.2, -0.15) is 16.9 Å². The van der Waals surface area contributed by atoms with E-state index < -0.39 is 0 Å². The van der Waals surface area contributed by atoms with Crippen molar-refractivity contribution in [2.45, 2.75) is 56.7 Å². The SMILES string of the molecule is COC(=O)CC1(CSCc2ccn(C3CCCC3)n2)CC1. The average molecular weight is 308 g/mol. The largest absolute Gasteiger partial charge is 0.469 e. The van der Waals surface area contributed by atoms with Crippen molar-refractivity contribution in [3.63, 3.8) is 0 Å². The number of nitrogens with zero attached hydrogens (tertiary/aromatic N) is 2. The second-order valence-corrected chi connectivity index (χ2v) is 7.46. The summed E-state index contributed by atoms with van der Waals surface area (Å²) in [4.78, 5) is 11.4. The van der Waals surface area contributed by atoms with E-state index in [0.29, 0.717) is 12.5 Å². The summed E-state index contributed by atoms with van der Waals surface area (Å²) in [6, 6.07) is 2.77. The maximum Gasteiger partial charge on any atom is 0.306 e. The summed E-state index contributed by atoms with van der Waals surface area (Å²) in [5, 5.41) is 4.71. The lowest BCUT2D eigenvalue weighted by Crippen LogP contribution is -2.13. The Balaban J connectivity index is 1.44. The molecule has 2 aliphatic carbocycles. The highest BCUT2D eigenvalue weighted by Crippen LogP contribution is 2.51. The third kappa shape index (κ3) is 3.82. The number of esters is 1. The average Bonchev–Trinajstić information content (AvgIpc) is 2.93. The van der Waals surface area contributed by atoms with E-state index in [1.807, 2.05) is 11.8 Å². The van der Waals surface area contributed by atoms with Crippen molar-refractivity contribution in [1.29, 1.82) is 0 Å². The van der Waals surface area contributed by atoms with Crippen LogP contribution in [0.3, 0.4) is 0 Å². The second kappa shape index (κ2) is 6.42. The van der Waals surface area contributed by atoms with Gasteiger partial charge >= 0.3 is 5.97 Å². The highest BCUT2D eigenvalue weighted by atomic mass is 32.2. The Kier molecular flexibility index (Phi) is 4.57. The molecule has 2 saturated carbocycles. The zero-order valence-corrected chi connectivity index (χ0v) is 13.5. The van der Waals surface area contributed by atoms with Crippen LogP contribution in [0.1, 0.15) is 56.7 Å². The molecular weight excluding hydrogens is 284 g/mol. The quantitative estimate of drug-likeness (QED) is 0.722. The molecule has 5 heteroatoms. The lowest BCUT2D eigenvalue weighted by Gasteiger charge is -2.12. The minimum Gasteiger partial charge on any atom is -0.469 e. The molecule has 0 amide bonds. The van der Waals surface area contributed by atoms with Gasteiger partial charge < -0.3 is 4.74 Å². The van der Waals surface area contributed by atoms with E-state index in [1.54, 1.807) is 0 Å². The van der Waals surface area contributed by atoms with Crippen LogP contribution in [-0.2, 0) is 15.3 Å². The summed E-state index contributed by atoms with van der Waals surface area (Å²) in [6.07, 6.45) is 10.2. The van der Waals surface area contributed by atoms with Crippen LogP contribution in [0.2, 0.25) is 0 Å². The fraction of sp³-hybridized carbons (Fsp3) is 0.750. The fourth-order valence-electron chi connectivity index (χ4n) is 3.13. The van der Waals surface area contributed by atoms with Crippen molar-refractivity contribution < 1.29 is 9.53 Å². The normalized spacial score (nSPS) is 20.6. The lowest BCUT2D eigenvalue weighted by molar-refractivity contribution is -0.141. The molecule has 116 valence electrons. The number of hydrogen-bond acceptors (Lipinski definition) is 4. The molecule has 0 bridgehead atoms. The van der Waals surface area contributed by atoms with E-state index in [-0.39, 0.29) is 11.4 Å². The number of aromatic nitrogens is 2. The molecule has 2 fully saturated rings. The Morgan fingerprint density at radius 3 is 2.90 bits per heavy atom. The smallest absolute Gasteiger partial charge is 0.306 e. The topological polar surface area (TPSA) is 44.1 Å². The molecule has 0 atom stereocenters. The highest BCUT2D eigenvalue weighted by Gasteiger charge is 2.44. The summed E-state index contributed by atoms with van der Waals surface area (Å²) in [5.41, 5.74) is 1.38. The van der Waals surface area contributed by atoms with E-state index in [9.17, 15) is 4.79 Å². The van der Waals surface area contributed by atoms with Crippen molar-refractivity contribution in [2.24, 2.45) is 5.41 Å². The van der Waals surface area contributed by atoms with Gasteiger partial charge in [-0.15, -0.1) is 0 Å². The summed E-state index contributed by atoms with van der Waals surface area (Å²) < 4.78 is 6.94. The minimum atomic E-state index is -0.0707. The van der Waals surface area contributed by atoms with Gasteiger partial charge in [0.15, 0.2) is 0 Å². The molecule has 1 aromatic heterocycles. The van der Waals surface area contributed by atoms with Crippen LogP contribution in [0.25, 0.3) is 0 Å². The fourth-order valence-corrected chi connectivity index (χ4v) is 4.41. The molecule has 0 N–H and O–H groups in total. The van der Waals surface area contributed by atoms with Crippen LogP contribution in [0.4, 0.5) is 0 Å². The molecule has 1 heterocycles. The van der Waals surface area contributed by atoms with Gasteiger partial charge in [-0.05, 0) is 42.9 Å². The van der Waals surface area contributed by atoms with E-state index in [0.717, 1.165) is 24.3 Å². The molecule has 0 saturated heterocycles. The molecule has 0 aromatic carbocycles. The van der Waals surface area contributed by atoms with E-state index in [4.69, 9.17) is 9.84 Å². The molecule has 0 spiro atoms. The Labute approximate surface area is 130 Å². The van der Waals surface area contributed by atoms with E-state index >= 15 is 0 Å². The second-order valence-electron chi connectivity index (χ2n) is 6.47. The minimum absolute atomic E-state index is 0.0707.